The van der Waals surface area contributed by atoms with Crippen LogP contribution in [0.25, 0.3) is 0 Å². The summed E-state index contributed by atoms with van der Waals surface area (Å²) >= 11 is 0. The van der Waals surface area contributed by atoms with Crippen LogP contribution in [0.5, 0.6) is 0 Å². The van der Waals surface area contributed by atoms with Gasteiger partial charge in [0.1, 0.15) is 6.29 Å². The molecule has 0 bridgehead atoms. The van der Waals surface area contributed by atoms with Crippen molar-refractivity contribution in [2.75, 3.05) is 13.7 Å². The van der Waals surface area contributed by atoms with Crippen molar-refractivity contribution < 1.29 is 9.53 Å². The molecule has 2 heteroatoms. The number of carbonyl (C=O) groups excluding carboxylic acids is 1. The number of carbonyl (C=O) groups is 1. The van der Waals surface area contributed by atoms with Crippen molar-refractivity contribution in [2.24, 2.45) is 0 Å². The van der Waals surface area contributed by atoms with Crippen LogP contribution in [0.2, 0.25) is 0 Å². The van der Waals surface area contributed by atoms with Gasteiger partial charge in [-0.15, -0.1) is 0 Å². The number of ether oxygens (including phenoxy) is 1. The number of aldehydes is 1. The van der Waals surface area contributed by atoms with Crippen LogP contribution in [-0.4, -0.2) is 20.0 Å². The Kier molecular flexibility index (Phi) is 5.12. The standard InChI is InChI=1S/C7H12O2/c1-3-7(6-8)4-5-9-2/h3,6H,4-5H2,1-2H3/b7-3+. The van der Waals surface area contributed by atoms with Gasteiger partial charge >= 0.3 is 0 Å². The van der Waals surface area contributed by atoms with Gasteiger partial charge in [-0.1, -0.05) is 6.08 Å². The summed E-state index contributed by atoms with van der Waals surface area (Å²) in [7, 11) is 1.62. The molecule has 0 aromatic heterocycles. The van der Waals surface area contributed by atoms with Crippen LogP contribution in [-0.2, 0) is 9.53 Å². The number of rotatable bonds is 4. The SMILES string of the molecule is C/C=C(/C=O)CCOC. The second-order valence-corrected chi connectivity index (χ2v) is 1.72. The van der Waals surface area contributed by atoms with E-state index in [1.807, 2.05) is 6.92 Å². The Labute approximate surface area is 55.5 Å². The van der Waals surface area contributed by atoms with Gasteiger partial charge in [-0.2, -0.15) is 0 Å². The summed E-state index contributed by atoms with van der Waals surface area (Å²) in [5.74, 6) is 0. The van der Waals surface area contributed by atoms with Gasteiger partial charge in [-0.25, -0.2) is 0 Å². The number of methoxy groups -OCH3 is 1. The molecular formula is C7H12O2. The van der Waals surface area contributed by atoms with Gasteiger partial charge < -0.3 is 4.74 Å². The highest BCUT2D eigenvalue weighted by molar-refractivity contribution is 5.72. The van der Waals surface area contributed by atoms with Crippen LogP contribution < -0.4 is 0 Å². The molecule has 0 aliphatic heterocycles. The second kappa shape index (κ2) is 5.51. The molecule has 52 valence electrons. The minimum atomic E-state index is 0.623. The molecule has 0 atom stereocenters. The zero-order valence-electron chi connectivity index (χ0n) is 5.89. The molecule has 0 saturated heterocycles. The lowest BCUT2D eigenvalue weighted by Gasteiger charge is -1.95. The van der Waals surface area contributed by atoms with Gasteiger partial charge in [-0.3, -0.25) is 4.79 Å². The third-order valence-corrected chi connectivity index (χ3v) is 1.12. The van der Waals surface area contributed by atoms with Gasteiger partial charge in [0.05, 0.1) is 6.61 Å². The first-order valence-electron chi connectivity index (χ1n) is 2.94. The van der Waals surface area contributed by atoms with Crippen LogP contribution in [0.3, 0.4) is 0 Å². The molecule has 2 nitrogen and oxygen atoms in total. The minimum Gasteiger partial charge on any atom is -0.384 e. The molecule has 0 heterocycles. The molecule has 0 fully saturated rings. The Hall–Kier alpha value is -0.630. The molecule has 0 aromatic carbocycles. The minimum absolute atomic E-state index is 0.623. The molecule has 0 aliphatic carbocycles. The van der Waals surface area contributed by atoms with Crippen molar-refractivity contribution in [3.8, 4) is 0 Å². The highest BCUT2D eigenvalue weighted by Gasteiger charge is 1.90. The third kappa shape index (κ3) is 3.91. The lowest BCUT2D eigenvalue weighted by Crippen LogP contribution is -1.92. The van der Waals surface area contributed by atoms with E-state index in [1.165, 1.54) is 0 Å². The molecule has 0 radical (unpaired) electrons. The largest absolute Gasteiger partial charge is 0.384 e. The fourth-order valence-corrected chi connectivity index (χ4v) is 0.491. The summed E-state index contributed by atoms with van der Waals surface area (Å²) in [5, 5.41) is 0. The van der Waals surface area contributed by atoms with Crippen molar-refractivity contribution >= 4 is 6.29 Å². The monoisotopic (exact) mass is 128 g/mol. The van der Waals surface area contributed by atoms with Gasteiger partial charge in [0.25, 0.3) is 0 Å². The molecule has 0 amide bonds. The molecule has 0 aromatic rings. The van der Waals surface area contributed by atoms with Crippen LogP contribution >= 0.6 is 0 Å². The quantitative estimate of drug-likeness (QED) is 0.419. The first-order valence-corrected chi connectivity index (χ1v) is 2.94. The topological polar surface area (TPSA) is 26.3 Å². The summed E-state index contributed by atoms with van der Waals surface area (Å²) in [5.41, 5.74) is 0.803. The summed E-state index contributed by atoms with van der Waals surface area (Å²) in [6, 6.07) is 0. The van der Waals surface area contributed by atoms with Crippen molar-refractivity contribution in [3.63, 3.8) is 0 Å². The average molecular weight is 128 g/mol. The third-order valence-electron chi connectivity index (χ3n) is 1.12. The van der Waals surface area contributed by atoms with E-state index in [4.69, 9.17) is 4.74 Å². The second-order valence-electron chi connectivity index (χ2n) is 1.72. The van der Waals surface area contributed by atoms with Crippen molar-refractivity contribution in [3.05, 3.63) is 11.6 Å². The summed E-state index contributed by atoms with van der Waals surface area (Å²) in [6.07, 6.45) is 3.38. The van der Waals surface area contributed by atoms with Gasteiger partial charge in [-0.05, 0) is 18.9 Å². The molecule has 0 rings (SSSR count). The first-order chi connectivity index (χ1) is 4.35. The average Bonchev–Trinajstić information content (AvgIpc) is 1.91. The van der Waals surface area contributed by atoms with E-state index in [1.54, 1.807) is 13.2 Å². The first kappa shape index (κ1) is 8.37. The van der Waals surface area contributed by atoms with E-state index in [2.05, 4.69) is 0 Å². The predicted octanol–water partition coefficient (Wildman–Crippen LogP) is 1.17. The molecule has 9 heavy (non-hydrogen) atoms. The zero-order valence-corrected chi connectivity index (χ0v) is 5.89. The maximum Gasteiger partial charge on any atom is 0.145 e. The van der Waals surface area contributed by atoms with E-state index in [9.17, 15) is 4.79 Å². The Morgan fingerprint density at radius 3 is 2.67 bits per heavy atom. The highest BCUT2D eigenvalue weighted by atomic mass is 16.5. The fraction of sp³-hybridized carbons (Fsp3) is 0.571. The molecule has 0 unspecified atom stereocenters. The number of hydrogen-bond acceptors (Lipinski definition) is 2. The summed E-state index contributed by atoms with van der Waals surface area (Å²) < 4.78 is 4.78. The van der Waals surface area contributed by atoms with Crippen molar-refractivity contribution in [1.29, 1.82) is 0 Å². The van der Waals surface area contributed by atoms with Crippen LogP contribution in [0.4, 0.5) is 0 Å². The van der Waals surface area contributed by atoms with Gasteiger partial charge in [0.2, 0.25) is 0 Å². The Bertz CT molecular complexity index is 105. The van der Waals surface area contributed by atoms with Crippen LogP contribution in [0, 0.1) is 0 Å². The molecule has 0 N–H and O–H groups in total. The van der Waals surface area contributed by atoms with E-state index >= 15 is 0 Å². The molecule has 0 spiro atoms. The normalized spacial score (nSPS) is 11.6. The summed E-state index contributed by atoms with van der Waals surface area (Å²) in [6.45, 7) is 2.47. The maximum absolute atomic E-state index is 10.1. The van der Waals surface area contributed by atoms with Gasteiger partial charge in [0.15, 0.2) is 0 Å². The van der Waals surface area contributed by atoms with Crippen molar-refractivity contribution in [1.82, 2.24) is 0 Å². The van der Waals surface area contributed by atoms with Crippen molar-refractivity contribution in [2.45, 2.75) is 13.3 Å². The molecule has 0 aliphatic rings. The number of allylic oxidation sites excluding steroid dienone is 1. The Morgan fingerprint density at radius 2 is 2.33 bits per heavy atom. The fourth-order valence-electron chi connectivity index (χ4n) is 0.491. The summed E-state index contributed by atoms with van der Waals surface area (Å²) in [4.78, 5) is 10.1. The zero-order chi connectivity index (χ0) is 7.11. The molecular weight excluding hydrogens is 116 g/mol. The maximum atomic E-state index is 10.1. The van der Waals surface area contributed by atoms with Crippen LogP contribution in [0.15, 0.2) is 11.6 Å². The smallest absolute Gasteiger partial charge is 0.145 e. The molecule has 0 saturated carbocycles. The van der Waals surface area contributed by atoms with Gasteiger partial charge in [0, 0.05) is 7.11 Å². The van der Waals surface area contributed by atoms with E-state index in [0.717, 1.165) is 18.3 Å². The lowest BCUT2D eigenvalue weighted by molar-refractivity contribution is -0.105. The van der Waals surface area contributed by atoms with E-state index in [0.29, 0.717) is 6.61 Å². The number of hydrogen-bond donors (Lipinski definition) is 0. The highest BCUT2D eigenvalue weighted by Crippen LogP contribution is 1.95. The lowest BCUT2D eigenvalue weighted by atomic mass is 10.2. The predicted molar refractivity (Wildman–Crippen MR) is 36.3 cm³/mol. The van der Waals surface area contributed by atoms with Crippen LogP contribution in [0.1, 0.15) is 13.3 Å². The van der Waals surface area contributed by atoms with E-state index < -0.39 is 0 Å². The van der Waals surface area contributed by atoms with E-state index in [-0.39, 0.29) is 0 Å². The Balaban J connectivity index is 3.45. The Morgan fingerprint density at radius 1 is 1.67 bits per heavy atom.